The van der Waals surface area contributed by atoms with E-state index in [4.69, 9.17) is 10.5 Å². The molecule has 9 heteroatoms. The second-order valence-electron chi connectivity index (χ2n) is 6.36. The number of sulfonamides is 1. The number of hydrogen-bond donors (Lipinski definition) is 1. The van der Waals surface area contributed by atoms with Gasteiger partial charge in [-0.25, -0.2) is 16.8 Å². The zero-order valence-electron chi connectivity index (χ0n) is 14.1. The van der Waals surface area contributed by atoms with Crippen LogP contribution in [-0.4, -0.2) is 58.4 Å². The number of methoxy groups -OCH3 is 1. The minimum absolute atomic E-state index is 0.0228. The first-order valence-electron chi connectivity index (χ1n) is 7.64. The van der Waals surface area contributed by atoms with Crippen LogP contribution in [0, 0.1) is 6.92 Å². The summed E-state index contributed by atoms with van der Waals surface area (Å²) >= 11 is 0. The maximum absolute atomic E-state index is 13.3. The molecule has 24 heavy (non-hydrogen) atoms. The smallest absolute Gasteiger partial charge is 0.247 e. The van der Waals surface area contributed by atoms with E-state index in [2.05, 4.69) is 0 Å². The quantitative estimate of drug-likeness (QED) is 0.776. The Morgan fingerprint density at radius 1 is 1.38 bits per heavy atom. The molecule has 7 nitrogen and oxygen atoms in total. The second-order valence-corrected chi connectivity index (χ2v) is 10.4. The Kier molecular flexibility index (Phi) is 5.29. The number of rotatable bonds is 6. The molecule has 2 N–H and O–H groups in total. The molecule has 0 amide bonds. The maximum Gasteiger partial charge on any atom is 0.247 e. The van der Waals surface area contributed by atoms with E-state index in [9.17, 15) is 16.8 Å². The van der Waals surface area contributed by atoms with Gasteiger partial charge in [-0.15, -0.1) is 0 Å². The Morgan fingerprint density at radius 3 is 2.54 bits per heavy atom. The molecule has 1 saturated heterocycles. The molecule has 0 bridgehead atoms. The van der Waals surface area contributed by atoms with Crippen molar-refractivity contribution >= 4 is 19.9 Å². The molecule has 0 unspecified atom stereocenters. The first-order valence-corrected chi connectivity index (χ1v) is 10.9. The third-order valence-electron chi connectivity index (χ3n) is 4.30. The van der Waals surface area contributed by atoms with Crippen LogP contribution in [0.15, 0.2) is 23.1 Å². The topological polar surface area (TPSA) is 107 Å². The normalized spacial score (nSPS) is 23.5. The highest BCUT2D eigenvalue weighted by Crippen LogP contribution is 2.36. The largest absolute Gasteiger partial charge is 0.495 e. The number of hydrogen-bond acceptors (Lipinski definition) is 6. The van der Waals surface area contributed by atoms with E-state index in [1.807, 2.05) is 0 Å². The standard InChI is InChI=1S/C15H24N2O5S2/c1-12-4-5-13(22-3)14(10-12)24(20,21)17(8-7-16)15(2)6-9-23(18,19)11-15/h4-5,10H,6-9,11,16H2,1-3H3/t15-/m0/s1. The average Bonchev–Trinajstić information content (AvgIpc) is 2.78. The SMILES string of the molecule is COc1ccc(C)cc1S(=O)(=O)N(CCN)[C@@]1(C)CCS(=O)(=O)C1. The van der Waals surface area contributed by atoms with Crippen molar-refractivity contribution in [2.24, 2.45) is 5.73 Å². The highest BCUT2D eigenvalue weighted by atomic mass is 32.2. The molecule has 2 rings (SSSR count). The monoisotopic (exact) mass is 376 g/mol. The van der Waals surface area contributed by atoms with E-state index in [-0.39, 0.29) is 41.7 Å². The molecule has 0 aromatic heterocycles. The van der Waals surface area contributed by atoms with Gasteiger partial charge in [-0.05, 0) is 38.0 Å². The fourth-order valence-corrected chi connectivity index (χ4v) is 7.38. The summed E-state index contributed by atoms with van der Waals surface area (Å²) in [4.78, 5) is 0.0315. The number of benzene rings is 1. The lowest BCUT2D eigenvalue weighted by Crippen LogP contribution is -2.52. The van der Waals surface area contributed by atoms with E-state index >= 15 is 0 Å². The number of nitrogens with two attached hydrogens (primary N) is 1. The maximum atomic E-state index is 13.3. The Morgan fingerprint density at radius 2 is 2.04 bits per heavy atom. The molecule has 1 aromatic rings. The summed E-state index contributed by atoms with van der Waals surface area (Å²) in [6.07, 6.45) is 0.253. The molecule has 0 spiro atoms. The van der Waals surface area contributed by atoms with Crippen molar-refractivity contribution in [1.82, 2.24) is 4.31 Å². The van der Waals surface area contributed by atoms with Crippen LogP contribution in [0.4, 0.5) is 0 Å². The third kappa shape index (κ3) is 3.58. The van der Waals surface area contributed by atoms with E-state index in [1.165, 1.54) is 17.5 Å². The molecule has 0 aliphatic carbocycles. The predicted octanol–water partition coefficient (Wildman–Crippen LogP) is 0.530. The van der Waals surface area contributed by atoms with Gasteiger partial charge in [0.05, 0.1) is 18.6 Å². The zero-order valence-corrected chi connectivity index (χ0v) is 15.8. The highest BCUT2D eigenvalue weighted by molar-refractivity contribution is 7.92. The van der Waals surface area contributed by atoms with Gasteiger partial charge in [0.2, 0.25) is 10.0 Å². The van der Waals surface area contributed by atoms with Crippen molar-refractivity contribution in [3.8, 4) is 5.75 Å². The lowest BCUT2D eigenvalue weighted by atomic mass is 10.0. The van der Waals surface area contributed by atoms with Gasteiger partial charge < -0.3 is 10.5 Å². The minimum Gasteiger partial charge on any atom is -0.495 e. The number of ether oxygens (including phenoxy) is 1. The molecule has 1 aromatic carbocycles. The summed E-state index contributed by atoms with van der Waals surface area (Å²) in [6.45, 7) is 3.59. The van der Waals surface area contributed by atoms with Gasteiger partial charge in [-0.2, -0.15) is 4.31 Å². The Labute approximate surface area is 143 Å². The van der Waals surface area contributed by atoms with Crippen LogP contribution >= 0.6 is 0 Å². The fourth-order valence-electron chi connectivity index (χ4n) is 3.09. The van der Waals surface area contributed by atoms with E-state index < -0.39 is 25.4 Å². The van der Waals surface area contributed by atoms with Crippen molar-refractivity contribution in [3.05, 3.63) is 23.8 Å². The van der Waals surface area contributed by atoms with E-state index in [0.29, 0.717) is 0 Å². The Balaban J connectivity index is 2.57. The van der Waals surface area contributed by atoms with Crippen molar-refractivity contribution in [2.75, 3.05) is 31.7 Å². The molecule has 136 valence electrons. The van der Waals surface area contributed by atoms with Gasteiger partial charge in [-0.1, -0.05) is 6.07 Å². The first kappa shape index (κ1) is 19.2. The lowest BCUT2D eigenvalue weighted by Gasteiger charge is -2.36. The van der Waals surface area contributed by atoms with Crippen molar-refractivity contribution in [3.63, 3.8) is 0 Å². The highest BCUT2D eigenvalue weighted by Gasteiger charge is 2.48. The van der Waals surface area contributed by atoms with E-state index in [0.717, 1.165) is 5.56 Å². The van der Waals surface area contributed by atoms with Crippen molar-refractivity contribution in [1.29, 1.82) is 0 Å². The van der Waals surface area contributed by atoms with Gasteiger partial charge in [0.1, 0.15) is 10.6 Å². The van der Waals surface area contributed by atoms with Crippen LogP contribution in [0.25, 0.3) is 0 Å². The number of aryl methyl sites for hydroxylation is 1. The van der Waals surface area contributed by atoms with Gasteiger partial charge in [-0.3, -0.25) is 0 Å². The zero-order chi connectivity index (χ0) is 18.2. The molecule has 0 saturated carbocycles. The van der Waals surface area contributed by atoms with Crippen LogP contribution < -0.4 is 10.5 Å². The summed E-state index contributed by atoms with van der Waals surface area (Å²) < 4.78 is 56.8. The molecule has 1 aliphatic rings. The average molecular weight is 377 g/mol. The van der Waals surface area contributed by atoms with Gasteiger partial charge in [0, 0.05) is 18.6 Å². The third-order valence-corrected chi connectivity index (χ3v) is 8.27. The molecular weight excluding hydrogens is 352 g/mol. The lowest BCUT2D eigenvalue weighted by molar-refractivity contribution is 0.237. The second kappa shape index (κ2) is 6.62. The van der Waals surface area contributed by atoms with Crippen LogP contribution in [0.1, 0.15) is 18.9 Å². The van der Waals surface area contributed by atoms with Gasteiger partial charge >= 0.3 is 0 Å². The van der Waals surface area contributed by atoms with Crippen molar-refractivity contribution < 1.29 is 21.6 Å². The van der Waals surface area contributed by atoms with Crippen LogP contribution in [0.3, 0.4) is 0 Å². The first-order chi connectivity index (χ1) is 11.1. The summed E-state index contributed by atoms with van der Waals surface area (Å²) in [7, 11) is -5.82. The molecule has 1 aliphatic heterocycles. The minimum atomic E-state index is -3.96. The summed E-state index contributed by atoms with van der Waals surface area (Å²) in [5.74, 6) is 0.00497. The predicted molar refractivity (Wildman–Crippen MR) is 92.4 cm³/mol. The fraction of sp³-hybridized carbons (Fsp3) is 0.600. The van der Waals surface area contributed by atoms with Crippen molar-refractivity contribution in [2.45, 2.75) is 30.7 Å². The molecule has 1 atom stereocenters. The summed E-state index contributed by atoms with van der Waals surface area (Å²) in [5.41, 5.74) is 5.37. The Bertz CT molecular complexity index is 820. The van der Waals surface area contributed by atoms with Crippen LogP contribution in [0.2, 0.25) is 0 Å². The Hall–Kier alpha value is -1.16. The molecule has 0 radical (unpaired) electrons. The summed E-state index contributed by atoms with van der Waals surface area (Å²) in [5, 5.41) is 0. The van der Waals surface area contributed by atoms with Crippen LogP contribution in [-0.2, 0) is 19.9 Å². The number of nitrogens with zero attached hydrogens (tertiary/aromatic N) is 1. The molecule has 1 heterocycles. The van der Waals surface area contributed by atoms with Crippen LogP contribution in [0.5, 0.6) is 5.75 Å². The van der Waals surface area contributed by atoms with E-state index in [1.54, 1.807) is 26.0 Å². The summed E-state index contributed by atoms with van der Waals surface area (Å²) in [6, 6.07) is 4.88. The molecule has 1 fully saturated rings. The van der Waals surface area contributed by atoms with Gasteiger partial charge in [0.25, 0.3) is 0 Å². The molecular formula is C15H24N2O5S2. The number of sulfone groups is 1. The van der Waals surface area contributed by atoms with Gasteiger partial charge in [0.15, 0.2) is 9.84 Å².